The number of imidazole rings is 1. The summed E-state index contributed by atoms with van der Waals surface area (Å²) in [7, 11) is 1.87. The predicted octanol–water partition coefficient (Wildman–Crippen LogP) is 2.42. The minimum absolute atomic E-state index is 0.292. The summed E-state index contributed by atoms with van der Waals surface area (Å²) in [5.41, 5.74) is 10.2. The minimum Gasteiger partial charge on any atom is -0.340 e. The van der Waals surface area contributed by atoms with Gasteiger partial charge in [0.05, 0.1) is 23.3 Å². The molecule has 0 amide bonds. The van der Waals surface area contributed by atoms with Crippen LogP contribution in [-0.4, -0.2) is 19.7 Å². The van der Waals surface area contributed by atoms with Crippen LogP contribution < -0.4 is 5.73 Å². The molecule has 0 saturated heterocycles. The summed E-state index contributed by atoms with van der Waals surface area (Å²) in [6, 6.07) is 3.76. The second kappa shape index (κ2) is 4.47. The van der Waals surface area contributed by atoms with Crippen LogP contribution in [0.15, 0.2) is 29.0 Å². The van der Waals surface area contributed by atoms with Gasteiger partial charge in [0, 0.05) is 23.3 Å². The van der Waals surface area contributed by atoms with Crippen LogP contribution in [-0.2, 0) is 7.05 Å². The maximum absolute atomic E-state index is 6.22. The average Bonchev–Trinajstić information content (AvgIpc) is 2.94. The lowest BCUT2D eigenvalue weighted by Crippen LogP contribution is -2.12. The normalized spacial score (nSPS) is 13.1. The van der Waals surface area contributed by atoms with Gasteiger partial charge in [0.1, 0.15) is 5.82 Å². The standard InChI is InChI=1S/C13H14BrN5/c1-7-3-9(14)4-10-12(7)18-13(17-10)11(15)8-5-16-19(2)6-8/h3-6,11H,15H2,1-2H3,(H,17,18). The van der Waals surface area contributed by atoms with Crippen molar-refractivity contribution in [2.75, 3.05) is 0 Å². The van der Waals surface area contributed by atoms with Crippen molar-refractivity contribution in [3.05, 3.63) is 46.0 Å². The highest BCUT2D eigenvalue weighted by Gasteiger charge is 2.16. The second-order valence-electron chi connectivity index (χ2n) is 4.67. The molecule has 0 aliphatic carbocycles. The van der Waals surface area contributed by atoms with Crippen molar-refractivity contribution in [2.24, 2.45) is 12.8 Å². The third-order valence-corrected chi connectivity index (χ3v) is 3.60. The van der Waals surface area contributed by atoms with Gasteiger partial charge in [-0.1, -0.05) is 15.9 Å². The molecule has 5 nitrogen and oxygen atoms in total. The Kier molecular flexibility index (Phi) is 2.91. The molecule has 1 atom stereocenters. The molecule has 98 valence electrons. The van der Waals surface area contributed by atoms with Gasteiger partial charge in [-0.3, -0.25) is 4.68 Å². The monoisotopic (exact) mass is 319 g/mol. The van der Waals surface area contributed by atoms with Crippen LogP contribution in [0.1, 0.15) is 23.0 Å². The SMILES string of the molecule is Cc1cc(Br)cc2[nH]c(C(N)c3cnn(C)c3)nc12. The molecule has 0 radical (unpaired) electrons. The number of nitrogens with one attached hydrogen (secondary N) is 1. The van der Waals surface area contributed by atoms with Crippen molar-refractivity contribution in [3.63, 3.8) is 0 Å². The number of rotatable bonds is 2. The maximum atomic E-state index is 6.22. The van der Waals surface area contributed by atoms with E-state index in [9.17, 15) is 0 Å². The highest BCUT2D eigenvalue weighted by Crippen LogP contribution is 2.25. The molecule has 0 saturated carbocycles. The number of aryl methyl sites for hydroxylation is 2. The van der Waals surface area contributed by atoms with E-state index in [4.69, 9.17) is 5.73 Å². The van der Waals surface area contributed by atoms with Gasteiger partial charge in [-0.05, 0) is 24.6 Å². The average molecular weight is 320 g/mol. The van der Waals surface area contributed by atoms with Gasteiger partial charge < -0.3 is 10.7 Å². The van der Waals surface area contributed by atoms with Crippen molar-refractivity contribution in [2.45, 2.75) is 13.0 Å². The van der Waals surface area contributed by atoms with Gasteiger partial charge >= 0.3 is 0 Å². The van der Waals surface area contributed by atoms with Crippen LogP contribution in [0.4, 0.5) is 0 Å². The Morgan fingerprint density at radius 1 is 1.42 bits per heavy atom. The molecule has 2 heterocycles. The molecule has 0 spiro atoms. The molecule has 6 heteroatoms. The van der Waals surface area contributed by atoms with Crippen LogP contribution >= 0.6 is 15.9 Å². The topological polar surface area (TPSA) is 72.5 Å². The Hall–Kier alpha value is -1.66. The smallest absolute Gasteiger partial charge is 0.128 e. The van der Waals surface area contributed by atoms with Gasteiger partial charge in [-0.2, -0.15) is 5.10 Å². The van der Waals surface area contributed by atoms with Crippen molar-refractivity contribution >= 4 is 27.0 Å². The first kappa shape index (κ1) is 12.4. The molecule has 3 aromatic rings. The number of hydrogen-bond acceptors (Lipinski definition) is 3. The molecule has 0 aliphatic heterocycles. The van der Waals surface area contributed by atoms with E-state index in [2.05, 4.69) is 31.0 Å². The van der Waals surface area contributed by atoms with Crippen molar-refractivity contribution < 1.29 is 0 Å². The zero-order chi connectivity index (χ0) is 13.6. The summed E-state index contributed by atoms with van der Waals surface area (Å²) in [4.78, 5) is 7.88. The first-order valence-electron chi connectivity index (χ1n) is 5.94. The number of nitrogens with two attached hydrogens (primary N) is 1. The highest BCUT2D eigenvalue weighted by molar-refractivity contribution is 9.10. The largest absolute Gasteiger partial charge is 0.340 e. The summed E-state index contributed by atoms with van der Waals surface area (Å²) in [6.07, 6.45) is 3.67. The first-order chi connectivity index (χ1) is 9.04. The van der Waals surface area contributed by atoms with E-state index in [0.717, 1.165) is 32.5 Å². The van der Waals surface area contributed by atoms with Gasteiger partial charge in [0.25, 0.3) is 0 Å². The fourth-order valence-electron chi connectivity index (χ4n) is 2.17. The van der Waals surface area contributed by atoms with Crippen LogP contribution in [0.25, 0.3) is 11.0 Å². The van der Waals surface area contributed by atoms with Crippen molar-refractivity contribution in [3.8, 4) is 0 Å². The quantitative estimate of drug-likeness (QED) is 0.762. The summed E-state index contributed by atoms with van der Waals surface area (Å²) in [5, 5.41) is 4.14. The van der Waals surface area contributed by atoms with Gasteiger partial charge in [0.15, 0.2) is 0 Å². The number of fused-ring (bicyclic) bond motifs is 1. The third kappa shape index (κ3) is 2.17. The van der Waals surface area contributed by atoms with E-state index in [-0.39, 0.29) is 6.04 Å². The fourth-order valence-corrected chi connectivity index (χ4v) is 2.74. The number of halogens is 1. The number of aromatic nitrogens is 4. The zero-order valence-corrected chi connectivity index (χ0v) is 12.3. The van der Waals surface area contributed by atoms with E-state index in [0.29, 0.717) is 0 Å². The number of hydrogen-bond donors (Lipinski definition) is 2. The van der Waals surface area contributed by atoms with Gasteiger partial charge in [-0.15, -0.1) is 0 Å². The molecule has 2 aromatic heterocycles. The lowest BCUT2D eigenvalue weighted by molar-refractivity contribution is 0.762. The van der Waals surface area contributed by atoms with Gasteiger partial charge in [-0.25, -0.2) is 4.98 Å². The molecule has 0 bridgehead atoms. The number of nitrogens with zero attached hydrogens (tertiary/aromatic N) is 3. The van der Waals surface area contributed by atoms with E-state index in [1.807, 2.05) is 32.3 Å². The molecular formula is C13H14BrN5. The summed E-state index contributed by atoms with van der Waals surface area (Å²) in [6.45, 7) is 2.04. The van der Waals surface area contributed by atoms with Crippen molar-refractivity contribution in [1.82, 2.24) is 19.7 Å². The molecule has 0 aliphatic rings. The summed E-state index contributed by atoms with van der Waals surface area (Å²) >= 11 is 3.49. The van der Waals surface area contributed by atoms with Crippen LogP contribution in [0.3, 0.4) is 0 Å². The van der Waals surface area contributed by atoms with E-state index >= 15 is 0 Å². The van der Waals surface area contributed by atoms with Gasteiger partial charge in [0.2, 0.25) is 0 Å². The maximum Gasteiger partial charge on any atom is 0.128 e. The molecule has 1 aromatic carbocycles. The minimum atomic E-state index is -0.292. The molecule has 3 N–H and O–H groups in total. The molecule has 3 rings (SSSR count). The van der Waals surface area contributed by atoms with Crippen LogP contribution in [0.2, 0.25) is 0 Å². The Labute approximate surface area is 119 Å². The van der Waals surface area contributed by atoms with E-state index in [1.54, 1.807) is 10.9 Å². The Bertz CT molecular complexity index is 743. The Balaban J connectivity index is 2.08. The first-order valence-corrected chi connectivity index (χ1v) is 6.74. The number of aromatic amines is 1. The Morgan fingerprint density at radius 3 is 2.89 bits per heavy atom. The van der Waals surface area contributed by atoms with Crippen LogP contribution in [0, 0.1) is 6.92 Å². The van der Waals surface area contributed by atoms with Crippen molar-refractivity contribution in [1.29, 1.82) is 0 Å². The lowest BCUT2D eigenvalue weighted by atomic mass is 10.2. The molecule has 19 heavy (non-hydrogen) atoms. The predicted molar refractivity (Wildman–Crippen MR) is 77.8 cm³/mol. The summed E-state index contributed by atoms with van der Waals surface area (Å²) in [5.74, 6) is 0.754. The highest BCUT2D eigenvalue weighted by atomic mass is 79.9. The fraction of sp³-hybridized carbons (Fsp3) is 0.231. The second-order valence-corrected chi connectivity index (χ2v) is 5.58. The van der Waals surface area contributed by atoms with Crippen LogP contribution in [0.5, 0.6) is 0 Å². The van der Waals surface area contributed by atoms with E-state index < -0.39 is 0 Å². The molecular weight excluding hydrogens is 306 g/mol. The summed E-state index contributed by atoms with van der Waals surface area (Å²) < 4.78 is 2.77. The number of H-pyrrole nitrogens is 1. The Morgan fingerprint density at radius 2 is 2.21 bits per heavy atom. The third-order valence-electron chi connectivity index (χ3n) is 3.14. The molecule has 0 fully saturated rings. The molecule has 1 unspecified atom stereocenters. The zero-order valence-electron chi connectivity index (χ0n) is 10.7. The lowest BCUT2D eigenvalue weighted by Gasteiger charge is -2.04. The number of benzene rings is 1. The van der Waals surface area contributed by atoms with E-state index in [1.165, 1.54) is 0 Å².